The fourth-order valence-electron chi connectivity index (χ4n) is 3.68. The monoisotopic (exact) mass is 530 g/mol. The lowest BCUT2D eigenvalue weighted by atomic mass is 10.1. The molecule has 0 saturated carbocycles. The number of halogens is 1. The van der Waals surface area contributed by atoms with Gasteiger partial charge in [0.15, 0.2) is 40.3 Å². The van der Waals surface area contributed by atoms with Crippen molar-refractivity contribution in [3.05, 3.63) is 41.8 Å². The highest BCUT2D eigenvalue weighted by Crippen LogP contribution is 2.38. The second-order valence-corrected chi connectivity index (χ2v) is 8.58. The molecule has 37 heavy (non-hydrogen) atoms. The van der Waals surface area contributed by atoms with Crippen LogP contribution in [0.4, 0.5) is 33.5 Å². The minimum Gasteiger partial charge on any atom is -0.493 e. The highest BCUT2D eigenvalue weighted by molar-refractivity contribution is 7.16. The number of nitrogens with zero attached hydrogens (tertiary/aromatic N) is 4. The molecule has 0 bridgehead atoms. The van der Waals surface area contributed by atoms with Crippen molar-refractivity contribution in [3.8, 4) is 17.2 Å². The van der Waals surface area contributed by atoms with Crippen LogP contribution < -0.4 is 29.7 Å². The van der Waals surface area contributed by atoms with Crippen molar-refractivity contribution < 1.29 is 23.4 Å². The molecule has 1 aliphatic heterocycles. The lowest BCUT2D eigenvalue weighted by Gasteiger charge is -2.37. The van der Waals surface area contributed by atoms with Gasteiger partial charge >= 0.3 is 0 Å². The number of aromatic nitrogens is 3. The van der Waals surface area contributed by atoms with Crippen LogP contribution in [0.1, 0.15) is 33.3 Å². The summed E-state index contributed by atoms with van der Waals surface area (Å²) in [5.74, 6) is 1.40. The van der Waals surface area contributed by atoms with Crippen LogP contribution in [0, 0.1) is 12.7 Å². The Labute approximate surface area is 218 Å². The Morgan fingerprint density at radius 3 is 2.51 bits per heavy atom. The standard InChI is InChI=1S/C23H26FN6O4P.C2H6/c1-12-8-13(9-16(32-4)18(12)33-5)26-22-25-10-14(24)19(29-22)27-17-7-6-15-20(28-17)30(11-35)21(31)23(2,3)34-15;1-2/h6-10H,11,35H2,1-5H3,(H2,25,26,27,28,29);1-2H3. The fourth-order valence-corrected chi connectivity index (χ4v) is 4.02. The van der Waals surface area contributed by atoms with E-state index in [1.807, 2.05) is 26.8 Å². The van der Waals surface area contributed by atoms with Gasteiger partial charge in [-0.2, -0.15) is 4.98 Å². The molecule has 2 aromatic heterocycles. The van der Waals surface area contributed by atoms with E-state index >= 15 is 0 Å². The summed E-state index contributed by atoms with van der Waals surface area (Å²) < 4.78 is 31.1. The van der Waals surface area contributed by atoms with Gasteiger partial charge in [-0.25, -0.2) is 14.4 Å². The zero-order valence-corrected chi connectivity index (χ0v) is 23.1. The van der Waals surface area contributed by atoms with Gasteiger partial charge in [-0.3, -0.25) is 9.69 Å². The molecule has 1 amide bonds. The van der Waals surface area contributed by atoms with E-state index in [0.717, 1.165) is 11.8 Å². The number of rotatable bonds is 7. The molecule has 198 valence electrons. The summed E-state index contributed by atoms with van der Waals surface area (Å²) in [5.41, 5.74) is 0.466. The minimum absolute atomic E-state index is 0.0899. The fraction of sp³-hybridized carbons (Fsp3) is 0.360. The van der Waals surface area contributed by atoms with Crippen molar-refractivity contribution in [3.63, 3.8) is 0 Å². The molecule has 0 spiro atoms. The Kier molecular flexibility index (Phi) is 8.70. The maximum atomic E-state index is 14.5. The minimum atomic E-state index is -1.01. The van der Waals surface area contributed by atoms with Gasteiger partial charge in [0.25, 0.3) is 5.91 Å². The van der Waals surface area contributed by atoms with Gasteiger partial charge < -0.3 is 24.8 Å². The topological polar surface area (TPSA) is 111 Å². The molecule has 0 aliphatic carbocycles. The van der Waals surface area contributed by atoms with E-state index in [4.69, 9.17) is 14.2 Å². The number of nitrogens with one attached hydrogen (secondary N) is 2. The zero-order valence-electron chi connectivity index (χ0n) is 22.0. The van der Waals surface area contributed by atoms with Gasteiger partial charge in [-0.1, -0.05) is 13.8 Å². The summed E-state index contributed by atoms with van der Waals surface area (Å²) in [6.07, 6.45) is 1.38. The molecule has 1 atom stereocenters. The van der Waals surface area contributed by atoms with Crippen molar-refractivity contribution in [2.75, 3.05) is 36.0 Å². The van der Waals surface area contributed by atoms with Crippen LogP contribution in [-0.4, -0.2) is 47.0 Å². The molecule has 1 unspecified atom stereocenters. The lowest BCUT2D eigenvalue weighted by Crippen LogP contribution is -2.52. The van der Waals surface area contributed by atoms with Gasteiger partial charge in [-0.05, 0) is 44.5 Å². The number of aryl methyl sites for hydroxylation is 1. The van der Waals surface area contributed by atoms with Gasteiger partial charge in [0.2, 0.25) is 5.95 Å². The normalized spacial score (nSPS) is 13.5. The van der Waals surface area contributed by atoms with Crippen molar-refractivity contribution in [1.82, 2.24) is 15.0 Å². The summed E-state index contributed by atoms with van der Waals surface area (Å²) >= 11 is 0. The van der Waals surface area contributed by atoms with Crippen LogP contribution in [0.15, 0.2) is 30.5 Å². The van der Waals surface area contributed by atoms with E-state index in [1.165, 1.54) is 4.90 Å². The average molecular weight is 531 g/mol. The number of hydrogen-bond acceptors (Lipinski definition) is 9. The molecule has 3 aromatic rings. The number of anilines is 5. The molecule has 0 saturated heterocycles. The molecular formula is C25H32FN6O4P. The van der Waals surface area contributed by atoms with Gasteiger partial charge in [0.05, 0.1) is 20.4 Å². The lowest BCUT2D eigenvalue weighted by molar-refractivity contribution is -0.132. The SMILES string of the molecule is CC.COc1cc(Nc2ncc(F)c(Nc3ccc4c(n3)N(CP)C(=O)C(C)(C)O4)n2)cc(C)c1OC. The number of carbonyl (C=O) groups excluding carboxylic acids is 1. The number of benzene rings is 1. The number of ether oxygens (including phenoxy) is 3. The maximum Gasteiger partial charge on any atom is 0.272 e. The number of methoxy groups -OCH3 is 2. The number of fused-ring (bicyclic) bond motifs is 1. The Hall–Kier alpha value is -3.72. The molecular weight excluding hydrogens is 498 g/mol. The van der Waals surface area contributed by atoms with E-state index in [2.05, 4.69) is 34.8 Å². The van der Waals surface area contributed by atoms with Crippen molar-refractivity contribution >= 4 is 44.2 Å². The third-order valence-electron chi connectivity index (χ3n) is 5.31. The van der Waals surface area contributed by atoms with E-state index < -0.39 is 11.4 Å². The summed E-state index contributed by atoms with van der Waals surface area (Å²) in [5, 5.41) is 5.90. The third-order valence-corrected chi connectivity index (χ3v) is 5.68. The van der Waals surface area contributed by atoms with Crippen molar-refractivity contribution in [2.24, 2.45) is 0 Å². The Bertz CT molecular complexity index is 1290. The molecule has 3 heterocycles. The number of pyridine rings is 1. The van der Waals surface area contributed by atoms with E-state index in [-0.39, 0.29) is 23.5 Å². The molecule has 1 aliphatic rings. The largest absolute Gasteiger partial charge is 0.493 e. The number of carbonyl (C=O) groups is 1. The third kappa shape index (κ3) is 5.83. The Morgan fingerprint density at radius 1 is 1.14 bits per heavy atom. The predicted molar refractivity (Wildman–Crippen MR) is 145 cm³/mol. The first-order valence-corrected chi connectivity index (χ1v) is 12.5. The Balaban J connectivity index is 0.00000186. The summed E-state index contributed by atoms with van der Waals surface area (Å²) in [6, 6.07) is 6.86. The quantitative estimate of drug-likeness (QED) is 0.399. The van der Waals surface area contributed by atoms with Crippen molar-refractivity contribution in [2.45, 2.75) is 40.2 Å². The Morgan fingerprint density at radius 2 is 1.86 bits per heavy atom. The average Bonchev–Trinajstić information content (AvgIpc) is 2.88. The highest BCUT2D eigenvalue weighted by atomic mass is 31.0. The van der Waals surface area contributed by atoms with Crippen LogP contribution in [0.2, 0.25) is 0 Å². The van der Waals surface area contributed by atoms with Gasteiger partial charge in [-0.15, -0.1) is 9.24 Å². The molecule has 2 N–H and O–H groups in total. The highest BCUT2D eigenvalue weighted by Gasteiger charge is 2.41. The zero-order chi connectivity index (χ0) is 27.3. The number of amides is 1. The smallest absolute Gasteiger partial charge is 0.272 e. The van der Waals surface area contributed by atoms with E-state index in [0.29, 0.717) is 35.0 Å². The molecule has 4 rings (SSSR count). The van der Waals surface area contributed by atoms with Crippen LogP contribution in [0.5, 0.6) is 17.2 Å². The first-order chi connectivity index (χ1) is 17.7. The van der Waals surface area contributed by atoms with Gasteiger partial charge in [0.1, 0.15) is 5.82 Å². The molecule has 0 radical (unpaired) electrons. The molecule has 0 fully saturated rings. The number of hydrogen-bond donors (Lipinski definition) is 2. The summed E-state index contributed by atoms with van der Waals surface area (Å²) in [6.45, 7) is 9.27. The molecule has 12 heteroatoms. The molecule has 10 nitrogen and oxygen atoms in total. The predicted octanol–water partition coefficient (Wildman–Crippen LogP) is 5.19. The van der Waals surface area contributed by atoms with Crippen molar-refractivity contribution in [1.29, 1.82) is 0 Å². The van der Waals surface area contributed by atoms with Gasteiger partial charge in [0, 0.05) is 18.0 Å². The van der Waals surface area contributed by atoms with E-state index in [9.17, 15) is 9.18 Å². The maximum absolute atomic E-state index is 14.5. The van der Waals surface area contributed by atoms with Crippen LogP contribution in [0.3, 0.4) is 0 Å². The first-order valence-electron chi connectivity index (χ1n) is 11.7. The summed E-state index contributed by atoms with van der Waals surface area (Å²) in [4.78, 5) is 26.9. The summed E-state index contributed by atoms with van der Waals surface area (Å²) in [7, 11) is 5.61. The van der Waals surface area contributed by atoms with Crippen LogP contribution >= 0.6 is 9.24 Å². The van der Waals surface area contributed by atoms with E-state index in [1.54, 1.807) is 46.3 Å². The van der Waals surface area contributed by atoms with Crippen LogP contribution in [-0.2, 0) is 4.79 Å². The second kappa shape index (κ2) is 11.6. The molecule has 1 aromatic carbocycles. The second-order valence-electron chi connectivity index (χ2n) is 8.22. The first kappa shape index (κ1) is 27.9. The van der Waals surface area contributed by atoms with Crippen LogP contribution in [0.25, 0.3) is 0 Å².